The summed E-state index contributed by atoms with van der Waals surface area (Å²) in [6.45, 7) is 2.96. The monoisotopic (exact) mass is 365 g/mol. The summed E-state index contributed by atoms with van der Waals surface area (Å²) in [7, 11) is 2.80. The van der Waals surface area contributed by atoms with Gasteiger partial charge in [-0.05, 0) is 38.9 Å². The molecule has 0 saturated carbocycles. The maximum atomic E-state index is 12.6. The highest BCUT2D eigenvalue weighted by Crippen LogP contribution is 2.29. The summed E-state index contributed by atoms with van der Waals surface area (Å²) in [6, 6.07) is 3.58. The van der Waals surface area contributed by atoms with Gasteiger partial charge in [0, 0.05) is 12.1 Å². The van der Waals surface area contributed by atoms with Gasteiger partial charge in [-0.2, -0.15) is 0 Å². The number of nitrogens with one attached hydrogen (secondary N) is 1. The zero-order chi connectivity index (χ0) is 19.3. The van der Waals surface area contributed by atoms with Crippen molar-refractivity contribution >= 4 is 23.3 Å². The molecule has 1 N–H and O–H groups in total. The van der Waals surface area contributed by atoms with Crippen LogP contribution < -0.4 is 10.1 Å². The molecule has 1 saturated heterocycles. The van der Waals surface area contributed by atoms with Crippen molar-refractivity contribution in [1.29, 1.82) is 0 Å². The molecule has 1 aromatic carbocycles. The van der Waals surface area contributed by atoms with E-state index in [4.69, 9.17) is 9.47 Å². The van der Waals surface area contributed by atoms with Crippen LogP contribution in [-0.4, -0.2) is 55.1 Å². The number of ether oxygens (including phenoxy) is 2. The molecule has 0 aliphatic carbocycles. The van der Waals surface area contributed by atoms with E-state index in [1.807, 2.05) is 4.90 Å². The quantitative estimate of drug-likeness (QED) is 0.465. The van der Waals surface area contributed by atoms with E-state index in [0.717, 1.165) is 0 Å². The van der Waals surface area contributed by atoms with Gasteiger partial charge in [-0.15, -0.1) is 0 Å². The van der Waals surface area contributed by atoms with Crippen LogP contribution >= 0.6 is 0 Å². The van der Waals surface area contributed by atoms with Crippen LogP contribution in [0.5, 0.6) is 5.75 Å². The van der Waals surface area contributed by atoms with Gasteiger partial charge in [0.05, 0.1) is 36.8 Å². The van der Waals surface area contributed by atoms with Crippen molar-refractivity contribution in [3.8, 4) is 5.75 Å². The molecule has 0 spiro atoms. The van der Waals surface area contributed by atoms with Crippen LogP contribution in [0.1, 0.15) is 19.8 Å². The number of methoxy groups -OCH3 is 2. The highest BCUT2D eigenvalue weighted by atomic mass is 16.6. The summed E-state index contributed by atoms with van der Waals surface area (Å²) in [5, 5.41) is 13.6. The molecule has 1 atom stereocenters. The molecule has 0 bridgehead atoms. The van der Waals surface area contributed by atoms with Gasteiger partial charge in [-0.1, -0.05) is 0 Å². The molecule has 1 fully saturated rings. The fourth-order valence-electron chi connectivity index (χ4n) is 3.00. The molecule has 1 aliphatic heterocycles. The van der Waals surface area contributed by atoms with Crippen molar-refractivity contribution in [2.24, 2.45) is 5.92 Å². The lowest BCUT2D eigenvalue weighted by atomic mass is 9.96. The van der Waals surface area contributed by atoms with Crippen LogP contribution in [0.3, 0.4) is 0 Å². The lowest BCUT2D eigenvalue weighted by molar-refractivity contribution is -0.384. The number of rotatable bonds is 6. The summed E-state index contributed by atoms with van der Waals surface area (Å²) < 4.78 is 9.92. The predicted octanol–water partition coefficient (Wildman–Crippen LogP) is 1.82. The van der Waals surface area contributed by atoms with Gasteiger partial charge in [0.1, 0.15) is 5.75 Å². The third kappa shape index (κ3) is 4.48. The summed E-state index contributed by atoms with van der Waals surface area (Å²) in [5.41, 5.74) is 0.121. The molecular weight excluding hydrogens is 342 g/mol. The standard InChI is InChI=1S/C17H23N3O6/c1-11(19-8-6-12(7-9-19)17(22)26-3)16(21)18-14-10-13(20(23)24)4-5-15(14)25-2/h4-5,10-12H,6-9H2,1-3H3,(H,18,21)/t11-/m1/s1. The predicted molar refractivity (Wildman–Crippen MR) is 94.1 cm³/mol. The normalized spacial score (nSPS) is 16.6. The molecule has 1 aromatic rings. The molecule has 142 valence electrons. The highest BCUT2D eigenvalue weighted by Gasteiger charge is 2.30. The number of amides is 1. The number of piperidine rings is 1. The van der Waals surface area contributed by atoms with Crippen LogP contribution in [0.2, 0.25) is 0 Å². The smallest absolute Gasteiger partial charge is 0.308 e. The molecule has 1 heterocycles. The second kappa shape index (κ2) is 8.61. The van der Waals surface area contributed by atoms with E-state index >= 15 is 0 Å². The van der Waals surface area contributed by atoms with Crippen molar-refractivity contribution in [3.63, 3.8) is 0 Å². The molecule has 0 unspecified atom stereocenters. The number of nitro benzene ring substituents is 1. The van der Waals surface area contributed by atoms with Crippen molar-refractivity contribution in [2.45, 2.75) is 25.8 Å². The van der Waals surface area contributed by atoms with E-state index in [9.17, 15) is 19.7 Å². The largest absolute Gasteiger partial charge is 0.495 e. The molecule has 1 aliphatic rings. The van der Waals surface area contributed by atoms with Crippen LogP contribution in [-0.2, 0) is 14.3 Å². The Kier molecular flexibility index (Phi) is 6.51. The van der Waals surface area contributed by atoms with Gasteiger partial charge in [0.25, 0.3) is 5.69 Å². The number of hydrogen-bond acceptors (Lipinski definition) is 7. The van der Waals surface area contributed by atoms with Gasteiger partial charge in [0.15, 0.2) is 0 Å². The van der Waals surface area contributed by atoms with Gasteiger partial charge in [0.2, 0.25) is 5.91 Å². The van der Waals surface area contributed by atoms with E-state index < -0.39 is 11.0 Å². The molecule has 26 heavy (non-hydrogen) atoms. The van der Waals surface area contributed by atoms with Gasteiger partial charge >= 0.3 is 5.97 Å². The van der Waals surface area contributed by atoms with Gasteiger partial charge < -0.3 is 14.8 Å². The van der Waals surface area contributed by atoms with Gasteiger partial charge in [-0.25, -0.2) is 0 Å². The SMILES string of the molecule is COC(=O)C1CCN([C@H](C)C(=O)Nc2cc([N+](=O)[O-])ccc2OC)CC1. The van der Waals surface area contributed by atoms with Crippen LogP contribution in [0, 0.1) is 16.0 Å². The average molecular weight is 365 g/mol. The van der Waals surface area contributed by atoms with E-state index in [-0.39, 0.29) is 29.2 Å². The Morgan fingerprint density at radius 3 is 2.50 bits per heavy atom. The number of esters is 1. The van der Waals surface area contributed by atoms with Crippen molar-refractivity contribution in [1.82, 2.24) is 4.90 Å². The number of nitro groups is 1. The Bertz CT molecular complexity index is 685. The number of hydrogen-bond donors (Lipinski definition) is 1. The molecule has 9 heteroatoms. The second-order valence-corrected chi connectivity index (χ2v) is 6.14. The van der Waals surface area contributed by atoms with E-state index in [0.29, 0.717) is 31.7 Å². The number of nitrogens with zero attached hydrogens (tertiary/aromatic N) is 2. The number of benzene rings is 1. The van der Waals surface area contributed by atoms with Crippen molar-refractivity contribution < 1.29 is 24.0 Å². The van der Waals surface area contributed by atoms with Crippen molar-refractivity contribution in [2.75, 3.05) is 32.6 Å². The van der Waals surface area contributed by atoms with E-state index in [1.54, 1.807) is 6.92 Å². The number of likely N-dealkylation sites (tertiary alicyclic amines) is 1. The van der Waals surface area contributed by atoms with E-state index in [1.165, 1.54) is 32.4 Å². The van der Waals surface area contributed by atoms with Crippen LogP contribution in [0.4, 0.5) is 11.4 Å². The minimum absolute atomic E-state index is 0.132. The Morgan fingerprint density at radius 2 is 1.96 bits per heavy atom. The zero-order valence-corrected chi connectivity index (χ0v) is 15.1. The summed E-state index contributed by atoms with van der Waals surface area (Å²) >= 11 is 0. The number of carbonyl (C=O) groups is 2. The first kappa shape index (κ1) is 19.6. The second-order valence-electron chi connectivity index (χ2n) is 6.14. The molecule has 1 amide bonds. The average Bonchev–Trinajstić information content (AvgIpc) is 2.66. The summed E-state index contributed by atoms with van der Waals surface area (Å²) in [4.78, 5) is 36.5. The number of carbonyl (C=O) groups excluding carboxylic acids is 2. The third-order valence-corrected chi connectivity index (χ3v) is 4.64. The Hall–Kier alpha value is -2.68. The molecule has 0 radical (unpaired) electrons. The summed E-state index contributed by atoms with van der Waals surface area (Å²) in [6.07, 6.45) is 1.26. The molecule has 2 rings (SSSR count). The maximum Gasteiger partial charge on any atom is 0.308 e. The number of anilines is 1. The first-order chi connectivity index (χ1) is 12.4. The minimum atomic E-state index is -0.532. The lowest BCUT2D eigenvalue weighted by Gasteiger charge is -2.34. The topological polar surface area (TPSA) is 111 Å². The number of non-ortho nitro benzene ring substituents is 1. The lowest BCUT2D eigenvalue weighted by Crippen LogP contribution is -2.47. The van der Waals surface area contributed by atoms with Crippen LogP contribution in [0.25, 0.3) is 0 Å². The summed E-state index contributed by atoms with van der Waals surface area (Å²) in [5.74, 6) is -0.299. The van der Waals surface area contributed by atoms with Gasteiger partial charge in [-0.3, -0.25) is 24.6 Å². The first-order valence-corrected chi connectivity index (χ1v) is 8.32. The Labute approximate surface area is 151 Å². The van der Waals surface area contributed by atoms with Crippen LogP contribution in [0.15, 0.2) is 18.2 Å². The Morgan fingerprint density at radius 1 is 1.31 bits per heavy atom. The highest BCUT2D eigenvalue weighted by molar-refractivity contribution is 5.96. The third-order valence-electron chi connectivity index (χ3n) is 4.64. The fraction of sp³-hybridized carbons (Fsp3) is 0.529. The minimum Gasteiger partial charge on any atom is -0.495 e. The maximum absolute atomic E-state index is 12.6. The fourth-order valence-corrected chi connectivity index (χ4v) is 3.00. The molecule has 0 aromatic heterocycles. The van der Waals surface area contributed by atoms with E-state index in [2.05, 4.69) is 5.32 Å². The molecular formula is C17H23N3O6. The Balaban J connectivity index is 2.02. The molecule has 9 nitrogen and oxygen atoms in total. The zero-order valence-electron chi connectivity index (χ0n) is 15.1. The first-order valence-electron chi connectivity index (χ1n) is 8.32. The van der Waals surface area contributed by atoms with Crippen molar-refractivity contribution in [3.05, 3.63) is 28.3 Å².